The molecule has 0 unspecified atom stereocenters. The largest absolute Gasteiger partial charge is 0.362 e. The van der Waals surface area contributed by atoms with Gasteiger partial charge in [-0.05, 0) is 23.8 Å². The van der Waals surface area contributed by atoms with E-state index in [1.807, 2.05) is 6.07 Å². The molecule has 2 nitrogen and oxygen atoms in total. The van der Waals surface area contributed by atoms with Crippen molar-refractivity contribution in [1.82, 2.24) is 5.32 Å². The summed E-state index contributed by atoms with van der Waals surface area (Å²) in [7, 11) is 0. The van der Waals surface area contributed by atoms with Crippen molar-refractivity contribution in [2.24, 2.45) is 0 Å². The molecule has 0 fully saturated rings. The minimum absolute atomic E-state index is 0.504. The quantitative estimate of drug-likeness (QED) is 0.615. The summed E-state index contributed by atoms with van der Waals surface area (Å²) in [6, 6.07) is 8.28. The van der Waals surface area contributed by atoms with Crippen molar-refractivity contribution in [2.45, 2.75) is 12.8 Å². The fourth-order valence-electron chi connectivity index (χ4n) is 1.56. The van der Waals surface area contributed by atoms with E-state index in [1.165, 1.54) is 5.56 Å². The Morgan fingerprint density at radius 3 is 3.00 bits per heavy atom. The maximum Gasteiger partial charge on any atom is 0.170 e. The molecule has 2 N–H and O–H groups in total. The zero-order valence-corrected chi connectivity index (χ0v) is 8.32. The van der Waals surface area contributed by atoms with Crippen molar-refractivity contribution in [3.8, 4) is 0 Å². The molecule has 0 radical (unpaired) electrons. The third-order valence-electron chi connectivity index (χ3n) is 2.31. The summed E-state index contributed by atoms with van der Waals surface area (Å²) in [6.07, 6.45) is 0. The molecule has 2 rings (SSSR count). The van der Waals surface area contributed by atoms with Crippen LogP contribution in [-0.2, 0) is 0 Å². The molecule has 0 saturated carbocycles. The highest BCUT2D eigenvalue weighted by Crippen LogP contribution is 2.25. The molecule has 0 amide bonds. The number of thiocarbonyl (C=S) groups is 1. The van der Waals surface area contributed by atoms with Crippen LogP contribution in [0.2, 0.25) is 0 Å². The normalized spacial score (nSPS) is 21.0. The number of nitrogens with one attached hydrogen (secondary N) is 2. The van der Waals surface area contributed by atoms with E-state index in [4.69, 9.17) is 12.2 Å². The predicted molar refractivity (Wildman–Crippen MR) is 59.1 cm³/mol. The van der Waals surface area contributed by atoms with Crippen molar-refractivity contribution >= 4 is 23.0 Å². The van der Waals surface area contributed by atoms with E-state index in [0.717, 1.165) is 17.3 Å². The molecular weight excluding hydrogens is 180 g/mol. The smallest absolute Gasteiger partial charge is 0.170 e. The van der Waals surface area contributed by atoms with Crippen molar-refractivity contribution in [3.05, 3.63) is 29.8 Å². The lowest BCUT2D eigenvalue weighted by atomic mass is 10.00. The highest BCUT2D eigenvalue weighted by Gasteiger charge is 2.14. The number of para-hydroxylation sites is 1. The van der Waals surface area contributed by atoms with Gasteiger partial charge in [0, 0.05) is 18.2 Å². The van der Waals surface area contributed by atoms with Gasteiger partial charge in [-0.3, -0.25) is 0 Å². The first-order valence-corrected chi connectivity index (χ1v) is 4.82. The minimum atomic E-state index is 0.504. The molecule has 3 heteroatoms. The Bertz CT molecular complexity index is 335. The Balaban J connectivity index is 2.43. The first kappa shape index (κ1) is 8.51. The van der Waals surface area contributed by atoms with Gasteiger partial charge in [-0.15, -0.1) is 0 Å². The number of rotatable bonds is 0. The first-order chi connectivity index (χ1) is 6.27. The molecule has 1 heterocycles. The lowest BCUT2D eigenvalue weighted by Crippen LogP contribution is -2.28. The molecule has 0 saturated heterocycles. The van der Waals surface area contributed by atoms with Gasteiger partial charge in [0.05, 0.1) is 0 Å². The summed E-state index contributed by atoms with van der Waals surface area (Å²) in [5, 5.41) is 7.05. The Morgan fingerprint density at radius 2 is 2.15 bits per heavy atom. The van der Waals surface area contributed by atoms with Crippen LogP contribution in [0.4, 0.5) is 5.69 Å². The topological polar surface area (TPSA) is 24.1 Å². The van der Waals surface area contributed by atoms with Crippen LogP contribution >= 0.6 is 12.2 Å². The van der Waals surface area contributed by atoms with Crippen LogP contribution < -0.4 is 10.6 Å². The second-order valence-electron chi connectivity index (χ2n) is 3.32. The average Bonchev–Trinajstić information content (AvgIpc) is 2.27. The summed E-state index contributed by atoms with van der Waals surface area (Å²) >= 11 is 5.10. The molecule has 0 bridgehead atoms. The maximum atomic E-state index is 5.10. The van der Waals surface area contributed by atoms with Gasteiger partial charge in [0.25, 0.3) is 0 Å². The lowest BCUT2D eigenvalue weighted by molar-refractivity contribution is 0.734. The highest BCUT2D eigenvalue weighted by molar-refractivity contribution is 7.80. The van der Waals surface area contributed by atoms with Crippen molar-refractivity contribution in [3.63, 3.8) is 0 Å². The van der Waals surface area contributed by atoms with Crippen LogP contribution in [0.25, 0.3) is 0 Å². The van der Waals surface area contributed by atoms with E-state index in [-0.39, 0.29) is 0 Å². The molecule has 1 aliphatic heterocycles. The number of fused-ring (bicyclic) bond motifs is 1. The summed E-state index contributed by atoms with van der Waals surface area (Å²) in [5.74, 6) is 0.504. The summed E-state index contributed by atoms with van der Waals surface area (Å²) < 4.78 is 0. The van der Waals surface area contributed by atoms with Crippen molar-refractivity contribution in [1.29, 1.82) is 0 Å². The zero-order chi connectivity index (χ0) is 9.26. The summed E-state index contributed by atoms with van der Waals surface area (Å²) in [4.78, 5) is 0. The van der Waals surface area contributed by atoms with E-state index in [2.05, 4.69) is 35.8 Å². The van der Waals surface area contributed by atoms with Gasteiger partial charge < -0.3 is 10.6 Å². The molecule has 1 aromatic rings. The SMILES string of the molecule is C[C@H]1CNC(=S)Nc2ccccc21. The van der Waals surface area contributed by atoms with E-state index in [0.29, 0.717) is 5.92 Å². The third-order valence-corrected chi connectivity index (χ3v) is 2.56. The summed E-state index contributed by atoms with van der Waals surface area (Å²) in [6.45, 7) is 3.10. The van der Waals surface area contributed by atoms with Gasteiger partial charge in [-0.25, -0.2) is 0 Å². The van der Waals surface area contributed by atoms with Crippen LogP contribution in [0.15, 0.2) is 24.3 Å². The summed E-state index contributed by atoms with van der Waals surface area (Å²) in [5.41, 5.74) is 2.46. The van der Waals surface area contributed by atoms with E-state index < -0.39 is 0 Å². The van der Waals surface area contributed by atoms with Gasteiger partial charge >= 0.3 is 0 Å². The van der Waals surface area contributed by atoms with Gasteiger partial charge in [-0.1, -0.05) is 25.1 Å². The lowest BCUT2D eigenvalue weighted by Gasteiger charge is -2.10. The molecule has 13 heavy (non-hydrogen) atoms. The maximum absolute atomic E-state index is 5.10. The predicted octanol–water partition coefficient (Wildman–Crippen LogP) is 2.09. The van der Waals surface area contributed by atoms with E-state index in [1.54, 1.807) is 0 Å². The Labute approximate surface area is 83.3 Å². The molecule has 1 aromatic carbocycles. The molecule has 68 valence electrons. The van der Waals surface area contributed by atoms with Gasteiger partial charge in [0.2, 0.25) is 0 Å². The highest BCUT2D eigenvalue weighted by atomic mass is 32.1. The van der Waals surface area contributed by atoms with Crippen LogP contribution in [0.3, 0.4) is 0 Å². The Kier molecular flexibility index (Phi) is 2.19. The monoisotopic (exact) mass is 192 g/mol. The Hall–Kier alpha value is -1.09. The minimum Gasteiger partial charge on any atom is -0.362 e. The van der Waals surface area contributed by atoms with Crippen LogP contribution in [-0.4, -0.2) is 11.7 Å². The second kappa shape index (κ2) is 3.34. The average molecular weight is 192 g/mol. The van der Waals surface area contributed by atoms with Crippen LogP contribution in [0, 0.1) is 0 Å². The fraction of sp³-hybridized carbons (Fsp3) is 0.300. The molecule has 0 spiro atoms. The molecule has 1 aliphatic rings. The standard InChI is InChI=1S/C10H12N2S/c1-7-6-11-10(13)12-9-5-3-2-4-8(7)9/h2-5,7H,6H2,1H3,(H2,11,12,13)/t7-/m0/s1. The third kappa shape index (κ3) is 1.65. The van der Waals surface area contributed by atoms with Crippen molar-refractivity contribution in [2.75, 3.05) is 11.9 Å². The van der Waals surface area contributed by atoms with Gasteiger partial charge in [0.1, 0.15) is 0 Å². The molecule has 1 atom stereocenters. The van der Waals surface area contributed by atoms with Gasteiger partial charge in [0.15, 0.2) is 5.11 Å². The molecule has 0 aromatic heterocycles. The van der Waals surface area contributed by atoms with Crippen LogP contribution in [0.1, 0.15) is 18.4 Å². The fourth-order valence-corrected chi connectivity index (χ4v) is 1.76. The number of hydrogen-bond acceptors (Lipinski definition) is 1. The van der Waals surface area contributed by atoms with Gasteiger partial charge in [-0.2, -0.15) is 0 Å². The molecule has 0 aliphatic carbocycles. The number of hydrogen-bond donors (Lipinski definition) is 2. The number of anilines is 1. The Morgan fingerprint density at radius 1 is 1.38 bits per heavy atom. The number of benzene rings is 1. The molecular formula is C10H12N2S. The zero-order valence-electron chi connectivity index (χ0n) is 7.50. The second-order valence-corrected chi connectivity index (χ2v) is 3.73. The first-order valence-electron chi connectivity index (χ1n) is 4.41. The van der Waals surface area contributed by atoms with Crippen LogP contribution in [0.5, 0.6) is 0 Å². The van der Waals surface area contributed by atoms with E-state index >= 15 is 0 Å². The van der Waals surface area contributed by atoms with E-state index in [9.17, 15) is 0 Å². The van der Waals surface area contributed by atoms with Crippen molar-refractivity contribution < 1.29 is 0 Å².